The summed E-state index contributed by atoms with van der Waals surface area (Å²) < 4.78 is 0. The zero-order valence-corrected chi connectivity index (χ0v) is 7.46. The monoisotopic (exact) mass is 166 g/mol. The number of nitrogens with one attached hydrogen (secondary N) is 1. The molecule has 0 aliphatic carbocycles. The molecular formula is C8H14N4. The number of nitrogen functional groups attached to an aromatic ring is 1. The zero-order chi connectivity index (χ0) is 8.72. The third kappa shape index (κ3) is 0.845. The Kier molecular flexibility index (Phi) is 1.58. The summed E-state index contributed by atoms with van der Waals surface area (Å²) in [6, 6.07) is 0.477. The summed E-state index contributed by atoms with van der Waals surface area (Å²) in [5.41, 5.74) is 8.09. The average molecular weight is 166 g/mol. The first-order valence-electron chi connectivity index (χ1n) is 4.27. The van der Waals surface area contributed by atoms with E-state index in [0.29, 0.717) is 11.9 Å². The standard InChI is InChI=1S/C8H14N4/c1-3-6-7-5(4-12(6)2)8(9)11-10-7/h6H,3-4H2,1-2H3,(H3,9,10,11). The van der Waals surface area contributed by atoms with Gasteiger partial charge in [0.25, 0.3) is 0 Å². The van der Waals surface area contributed by atoms with Crippen LogP contribution in [0, 0.1) is 0 Å². The highest BCUT2D eigenvalue weighted by molar-refractivity contribution is 5.45. The van der Waals surface area contributed by atoms with E-state index in [1.54, 1.807) is 0 Å². The maximum Gasteiger partial charge on any atom is 0.150 e. The maximum atomic E-state index is 5.70. The van der Waals surface area contributed by atoms with Gasteiger partial charge in [-0.05, 0) is 13.5 Å². The predicted molar refractivity (Wildman–Crippen MR) is 47.5 cm³/mol. The molecule has 1 unspecified atom stereocenters. The van der Waals surface area contributed by atoms with E-state index in [1.165, 1.54) is 11.3 Å². The van der Waals surface area contributed by atoms with Crippen LogP contribution in [0.15, 0.2) is 0 Å². The molecule has 0 fully saturated rings. The third-order valence-corrected chi connectivity index (χ3v) is 2.59. The summed E-state index contributed by atoms with van der Waals surface area (Å²) in [5.74, 6) is 0.660. The number of anilines is 1. The lowest BCUT2D eigenvalue weighted by Crippen LogP contribution is -2.16. The van der Waals surface area contributed by atoms with Gasteiger partial charge in [0, 0.05) is 12.1 Å². The SMILES string of the molecule is CCC1c2[nH]nc(N)c2CN1C. The van der Waals surface area contributed by atoms with E-state index in [2.05, 4.69) is 29.1 Å². The second-order valence-electron chi connectivity index (χ2n) is 3.34. The van der Waals surface area contributed by atoms with E-state index < -0.39 is 0 Å². The number of aromatic nitrogens is 2. The second kappa shape index (κ2) is 2.48. The van der Waals surface area contributed by atoms with Gasteiger partial charge in [-0.2, -0.15) is 5.10 Å². The molecule has 4 heteroatoms. The summed E-state index contributed by atoms with van der Waals surface area (Å²) >= 11 is 0. The highest BCUT2D eigenvalue weighted by Crippen LogP contribution is 2.35. The number of aromatic amines is 1. The molecule has 2 heterocycles. The van der Waals surface area contributed by atoms with Crippen molar-refractivity contribution >= 4 is 5.82 Å². The van der Waals surface area contributed by atoms with Crippen molar-refractivity contribution in [2.75, 3.05) is 12.8 Å². The molecule has 0 saturated carbocycles. The molecule has 3 N–H and O–H groups in total. The van der Waals surface area contributed by atoms with Crippen molar-refractivity contribution in [3.05, 3.63) is 11.3 Å². The number of hydrogen-bond acceptors (Lipinski definition) is 3. The largest absolute Gasteiger partial charge is 0.382 e. The molecule has 1 aromatic heterocycles. The van der Waals surface area contributed by atoms with Crippen LogP contribution in [0.2, 0.25) is 0 Å². The van der Waals surface area contributed by atoms with E-state index >= 15 is 0 Å². The topological polar surface area (TPSA) is 57.9 Å². The number of nitrogens with two attached hydrogens (primary N) is 1. The van der Waals surface area contributed by atoms with Gasteiger partial charge in [0.1, 0.15) is 5.82 Å². The highest BCUT2D eigenvalue weighted by Gasteiger charge is 2.29. The minimum atomic E-state index is 0.477. The summed E-state index contributed by atoms with van der Waals surface area (Å²) in [6.07, 6.45) is 1.10. The lowest BCUT2D eigenvalue weighted by molar-refractivity contribution is 0.257. The van der Waals surface area contributed by atoms with Crippen molar-refractivity contribution in [3.8, 4) is 0 Å². The van der Waals surface area contributed by atoms with Crippen LogP contribution in [-0.2, 0) is 6.54 Å². The molecule has 0 bridgehead atoms. The molecule has 0 amide bonds. The minimum absolute atomic E-state index is 0.477. The normalized spacial score (nSPS) is 23.0. The van der Waals surface area contributed by atoms with Crippen LogP contribution in [0.1, 0.15) is 30.6 Å². The Bertz CT molecular complexity index is 291. The molecule has 4 nitrogen and oxygen atoms in total. The lowest BCUT2D eigenvalue weighted by Gasteiger charge is -2.17. The highest BCUT2D eigenvalue weighted by atomic mass is 15.2. The Morgan fingerprint density at radius 2 is 2.50 bits per heavy atom. The number of fused-ring (bicyclic) bond motifs is 1. The van der Waals surface area contributed by atoms with Gasteiger partial charge in [0.05, 0.1) is 11.7 Å². The van der Waals surface area contributed by atoms with Crippen molar-refractivity contribution < 1.29 is 0 Å². The van der Waals surface area contributed by atoms with Gasteiger partial charge in [-0.3, -0.25) is 10.00 Å². The Hall–Kier alpha value is -1.03. The van der Waals surface area contributed by atoms with Crippen LogP contribution in [0.25, 0.3) is 0 Å². The van der Waals surface area contributed by atoms with Crippen LogP contribution < -0.4 is 5.73 Å². The van der Waals surface area contributed by atoms with Crippen LogP contribution in [0.4, 0.5) is 5.82 Å². The zero-order valence-electron chi connectivity index (χ0n) is 7.46. The Morgan fingerprint density at radius 3 is 3.17 bits per heavy atom. The fourth-order valence-corrected chi connectivity index (χ4v) is 1.93. The van der Waals surface area contributed by atoms with Crippen LogP contribution >= 0.6 is 0 Å². The molecule has 1 aromatic rings. The quantitative estimate of drug-likeness (QED) is 0.651. The maximum absolute atomic E-state index is 5.70. The molecule has 1 aliphatic rings. The van der Waals surface area contributed by atoms with Crippen LogP contribution in [0.3, 0.4) is 0 Å². The van der Waals surface area contributed by atoms with E-state index in [0.717, 1.165) is 13.0 Å². The molecule has 0 aromatic carbocycles. The van der Waals surface area contributed by atoms with Crippen LogP contribution in [0.5, 0.6) is 0 Å². The molecule has 2 rings (SSSR count). The Balaban J connectivity index is 2.41. The number of nitrogens with zero attached hydrogens (tertiary/aromatic N) is 2. The second-order valence-corrected chi connectivity index (χ2v) is 3.34. The molecule has 0 saturated heterocycles. The minimum Gasteiger partial charge on any atom is -0.382 e. The summed E-state index contributed by atoms with van der Waals surface area (Å²) in [5, 5.41) is 7.00. The average Bonchev–Trinajstić information content (AvgIpc) is 2.52. The van der Waals surface area contributed by atoms with E-state index in [-0.39, 0.29) is 0 Å². The first-order chi connectivity index (χ1) is 5.74. The summed E-state index contributed by atoms with van der Waals surface area (Å²) in [7, 11) is 2.11. The molecule has 66 valence electrons. The Morgan fingerprint density at radius 1 is 1.75 bits per heavy atom. The van der Waals surface area contributed by atoms with Gasteiger partial charge in [-0.1, -0.05) is 6.92 Å². The van der Waals surface area contributed by atoms with Gasteiger partial charge in [0.2, 0.25) is 0 Å². The van der Waals surface area contributed by atoms with E-state index in [1.807, 2.05) is 0 Å². The number of rotatable bonds is 1. The number of H-pyrrole nitrogens is 1. The van der Waals surface area contributed by atoms with Crippen molar-refractivity contribution in [3.63, 3.8) is 0 Å². The summed E-state index contributed by atoms with van der Waals surface area (Å²) in [4.78, 5) is 2.29. The van der Waals surface area contributed by atoms with Crippen molar-refractivity contribution in [2.24, 2.45) is 0 Å². The molecule has 1 atom stereocenters. The molecule has 1 aliphatic heterocycles. The molecule has 0 radical (unpaired) electrons. The fraction of sp³-hybridized carbons (Fsp3) is 0.625. The van der Waals surface area contributed by atoms with E-state index in [9.17, 15) is 0 Å². The predicted octanol–water partition coefficient (Wildman–Crippen LogP) is 0.888. The van der Waals surface area contributed by atoms with E-state index in [4.69, 9.17) is 5.73 Å². The third-order valence-electron chi connectivity index (χ3n) is 2.59. The Labute approximate surface area is 71.7 Å². The summed E-state index contributed by atoms with van der Waals surface area (Å²) in [6.45, 7) is 3.10. The van der Waals surface area contributed by atoms with Crippen molar-refractivity contribution in [1.29, 1.82) is 0 Å². The van der Waals surface area contributed by atoms with Crippen molar-refractivity contribution in [1.82, 2.24) is 15.1 Å². The first-order valence-corrected chi connectivity index (χ1v) is 4.27. The molecule has 12 heavy (non-hydrogen) atoms. The van der Waals surface area contributed by atoms with Gasteiger partial charge in [-0.25, -0.2) is 0 Å². The molecule has 0 spiro atoms. The molecular weight excluding hydrogens is 152 g/mol. The fourth-order valence-electron chi connectivity index (χ4n) is 1.93. The lowest BCUT2D eigenvalue weighted by atomic mass is 10.1. The van der Waals surface area contributed by atoms with Gasteiger partial charge >= 0.3 is 0 Å². The number of hydrogen-bond donors (Lipinski definition) is 2. The van der Waals surface area contributed by atoms with Gasteiger partial charge < -0.3 is 5.73 Å². The van der Waals surface area contributed by atoms with Crippen molar-refractivity contribution in [2.45, 2.75) is 25.9 Å². The van der Waals surface area contributed by atoms with Gasteiger partial charge in [-0.15, -0.1) is 0 Å². The van der Waals surface area contributed by atoms with Crippen LogP contribution in [-0.4, -0.2) is 22.1 Å². The first kappa shape index (κ1) is 7.61. The van der Waals surface area contributed by atoms with Gasteiger partial charge in [0.15, 0.2) is 0 Å². The smallest absolute Gasteiger partial charge is 0.150 e.